The van der Waals surface area contributed by atoms with E-state index in [4.69, 9.17) is 5.73 Å². The lowest BCUT2D eigenvalue weighted by Crippen LogP contribution is -2.32. The van der Waals surface area contributed by atoms with Crippen molar-refractivity contribution in [3.8, 4) is 0 Å². The second-order valence-electron chi connectivity index (χ2n) is 4.45. The molecule has 1 aliphatic rings. The molecular weight excluding hydrogens is 226 g/mol. The van der Waals surface area contributed by atoms with Crippen molar-refractivity contribution in [3.63, 3.8) is 0 Å². The molecule has 5 heteroatoms. The minimum absolute atomic E-state index is 0.101. The highest BCUT2D eigenvalue weighted by molar-refractivity contribution is 5.94. The van der Waals surface area contributed by atoms with Crippen molar-refractivity contribution >= 4 is 5.91 Å². The molecule has 92 valence electrons. The van der Waals surface area contributed by atoms with Gasteiger partial charge in [0.15, 0.2) is 11.6 Å². The summed E-state index contributed by atoms with van der Waals surface area (Å²) in [6.07, 6.45) is 0. The Labute approximate surface area is 98.2 Å². The number of amides is 1. The lowest BCUT2D eigenvalue weighted by Gasteiger charge is -2.16. The quantitative estimate of drug-likeness (QED) is 0.806. The molecule has 1 aliphatic heterocycles. The number of likely N-dealkylation sites (tertiary alicyclic amines) is 1. The van der Waals surface area contributed by atoms with Crippen LogP contribution in [-0.4, -0.2) is 29.9 Å². The normalized spacial score (nSPS) is 24.1. The van der Waals surface area contributed by atoms with E-state index in [0.29, 0.717) is 13.1 Å². The van der Waals surface area contributed by atoms with E-state index in [9.17, 15) is 13.6 Å². The summed E-state index contributed by atoms with van der Waals surface area (Å²) in [6, 6.07) is 3.50. The van der Waals surface area contributed by atoms with Gasteiger partial charge in [-0.15, -0.1) is 0 Å². The summed E-state index contributed by atoms with van der Waals surface area (Å²) in [4.78, 5) is 13.4. The molecule has 0 radical (unpaired) electrons. The van der Waals surface area contributed by atoms with Gasteiger partial charge in [0.25, 0.3) is 5.91 Å². The molecule has 1 amide bonds. The van der Waals surface area contributed by atoms with Gasteiger partial charge in [-0.05, 0) is 18.1 Å². The first-order chi connectivity index (χ1) is 8.00. The van der Waals surface area contributed by atoms with Crippen LogP contribution < -0.4 is 5.73 Å². The molecule has 1 aromatic rings. The monoisotopic (exact) mass is 240 g/mol. The standard InChI is InChI=1S/C12H14F2N2O/c1-7-5-16(6-10(7)15)12(17)8-3-2-4-9(13)11(8)14/h2-4,7,10H,5-6,15H2,1H3. The molecule has 2 rings (SSSR count). The van der Waals surface area contributed by atoms with Crippen LogP contribution in [0.1, 0.15) is 17.3 Å². The van der Waals surface area contributed by atoms with E-state index in [1.807, 2.05) is 6.92 Å². The van der Waals surface area contributed by atoms with Gasteiger partial charge in [0, 0.05) is 19.1 Å². The Morgan fingerprint density at radius 2 is 2.12 bits per heavy atom. The fourth-order valence-corrected chi connectivity index (χ4v) is 2.00. The smallest absolute Gasteiger partial charge is 0.257 e. The van der Waals surface area contributed by atoms with E-state index < -0.39 is 17.5 Å². The first kappa shape index (κ1) is 12.0. The van der Waals surface area contributed by atoms with Gasteiger partial charge in [-0.25, -0.2) is 8.78 Å². The molecule has 1 heterocycles. The average molecular weight is 240 g/mol. The molecule has 3 nitrogen and oxygen atoms in total. The Kier molecular flexibility index (Phi) is 3.11. The molecule has 0 spiro atoms. The zero-order valence-corrected chi connectivity index (χ0v) is 9.49. The Morgan fingerprint density at radius 3 is 2.71 bits per heavy atom. The molecule has 1 aromatic carbocycles. The highest BCUT2D eigenvalue weighted by Crippen LogP contribution is 2.19. The van der Waals surface area contributed by atoms with Crippen molar-refractivity contribution in [2.45, 2.75) is 13.0 Å². The summed E-state index contributed by atoms with van der Waals surface area (Å²) in [5, 5.41) is 0. The van der Waals surface area contributed by atoms with Crippen molar-refractivity contribution in [2.75, 3.05) is 13.1 Å². The van der Waals surface area contributed by atoms with E-state index in [0.717, 1.165) is 6.07 Å². The van der Waals surface area contributed by atoms with E-state index >= 15 is 0 Å². The summed E-state index contributed by atoms with van der Waals surface area (Å²) in [5.41, 5.74) is 5.56. The molecule has 1 saturated heterocycles. The average Bonchev–Trinajstić information content (AvgIpc) is 2.62. The number of hydrogen-bond acceptors (Lipinski definition) is 2. The van der Waals surface area contributed by atoms with Gasteiger partial charge in [0.2, 0.25) is 0 Å². The Bertz CT molecular complexity index is 440. The second-order valence-corrected chi connectivity index (χ2v) is 4.45. The Morgan fingerprint density at radius 1 is 1.41 bits per heavy atom. The Balaban J connectivity index is 2.24. The predicted molar refractivity (Wildman–Crippen MR) is 59.4 cm³/mol. The van der Waals surface area contributed by atoms with Gasteiger partial charge in [-0.2, -0.15) is 0 Å². The Hall–Kier alpha value is -1.49. The van der Waals surface area contributed by atoms with Crippen molar-refractivity contribution in [2.24, 2.45) is 11.7 Å². The lowest BCUT2D eigenvalue weighted by atomic mass is 10.1. The minimum Gasteiger partial charge on any atom is -0.337 e. The number of benzene rings is 1. The number of nitrogens with zero attached hydrogens (tertiary/aromatic N) is 1. The third-order valence-electron chi connectivity index (χ3n) is 3.14. The van der Waals surface area contributed by atoms with Crippen LogP contribution in [-0.2, 0) is 0 Å². The summed E-state index contributed by atoms with van der Waals surface area (Å²) in [5.74, 6) is -2.42. The number of nitrogens with two attached hydrogens (primary N) is 1. The van der Waals surface area contributed by atoms with Gasteiger partial charge in [0.1, 0.15) is 0 Å². The summed E-state index contributed by atoms with van der Waals surface area (Å²) < 4.78 is 26.5. The second kappa shape index (κ2) is 4.41. The van der Waals surface area contributed by atoms with Gasteiger partial charge in [0.05, 0.1) is 5.56 Å². The number of halogens is 2. The van der Waals surface area contributed by atoms with Crippen LogP contribution in [0.3, 0.4) is 0 Å². The zero-order chi connectivity index (χ0) is 12.6. The fourth-order valence-electron chi connectivity index (χ4n) is 2.00. The van der Waals surface area contributed by atoms with Gasteiger partial charge in [-0.1, -0.05) is 13.0 Å². The zero-order valence-electron chi connectivity index (χ0n) is 9.49. The first-order valence-corrected chi connectivity index (χ1v) is 5.49. The van der Waals surface area contributed by atoms with Crippen molar-refractivity contribution < 1.29 is 13.6 Å². The molecule has 0 bridgehead atoms. The molecule has 0 aliphatic carbocycles. The highest BCUT2D eigenvalue weighted by Gasteiger charge is 2.31. The molecule has 0 aromatic heterocycles. The first-order valence-electron chi connectivity index (χ1n) is 5.49. The lowest BCUT2D eigenvalue weighted by molar-refractivity contribution is 0.0781. The van der Waals surface area contributed by atoms with Crippen molar-refractivity contribution in [3.05, 3.63) is 35.4 Å². The molecule has 17 heavy (non-hydrogen) atoms. The number of rotatable bonds is 1. The third-order valence-corrected chi connectivity index (χ3v) is 3.14. The van der Waals surface area contributed by atoms with Crippen molar-refractivity contribution in [1.29, 1.82) is 0 Å². The molecule has 2 N–H and O–H groups in total. The summed E-state index contributed by atoms with van der Waals surface area (Å²) >= 11 is 0. The SMILES string of the molecule is CC1CN(C(=O)c2cccc(F)c2F)CC1N. The van der Waals surface area contributed by atoms with Crippen LogP contribution >= 0.6 is 0 Å². The molecule has 1 fully saturated rings. The molecular formula is C12H14F2N2O. The summed E-state index contributed by atoms with van der Waals surface area (Å²) in [6.45, 7) is 2.80. The molecule has 0 saturated carbocycles. The van der Waals surface area contributed by atoms with Crippen molar-refractivity contribution in [1.82, 2.24) is 4.90 Å². The van der Waals surface area contributed by atoms with E-state index in [2.05, 4.69) is 0 Å². The van der Waals surface area contributed by atoms with Crippen LogP contribution in [0.5, 0.6) is 0 Å². The van der Waals surface area contributed by atoms with Gasteiger partial charge < -0.3 is 10.6 Å². The van der Waals surface area contributed by atoms with Crippen LogP contribution in [0.15, 0.2) is 18.2 Å². The maximum atomic E-state index is 13.4. The molecule has 2 unspecified atom stereocenters. The maximum absolute atomic E-state index is 13.4. The van der Waals surface area contributed by atoms with Crippen LogP contribution in [0.2, 0.25) is 0 Å². The number of hydrogen-bond donors (Lipinski definition) is 1. The maximum Gasteiger partial charge on any atom is 0.257 e. The van der Waals surface area contributed by atoms with Crippen LogP contribution in [0, 0.1) is 17.6 Å². The van der Waals surface area contributed by atoms with E-state index in [1.165, 1.54) is 17.0 Å². The van der Waals surface area contributed by atoms with E-state index in [-0.39, 0.29) is 17.5 Å². The van der Waals surface area contributed by atoms with Crippen LogP contribution in [0.25, 0.3) is 0 Å². The largest absolute Gasteiger partial charge is 0.337 e. The van der Waals surface area contributed by atoms with E-state index in [1.54, 1.807) is 0 Å². The third kappa shape index (κ3) is 2.15. The summed E-state index contributed by atoms with van der Waals surface area (Å²) in [7, 11) is 0. The number of carbonyl (C=O) groups is 1. The van der Waals surface area contributed by atoms with Gasteiger partial charge in [-0.3, -0.25) is 4.79 Å². The fraction of sp³-hybridized carbons (Fsp3) is 0.417. The highest BCUT2D eigenvalue weighted by atomic mass is 19.2. The molecule has 2 atom stereocenters. The van der Waals surface area contributed by atoms with Gasteiger partial charge >= 0.3 is 0 Å². The predicted octanol–water partition coefficient (Wildman–Crippen LogP) is 1.38. The van der Waals surface area contributed by atoms with Crippen LogP contribution in [0.4, 0.5) is 8.78 Å². The number of carbonyl (C=O) groups excluding carboxylic acids is 1. The topological polar surface area (TPSA) is 46.3 Å². The minimum atomic E-state index is -1.09.